The van der Waals surface area contributed by atoms with Gasteiger partial charge in [-0.3, -0.25) is 4.79 Å². The molecule has 0 aromatic rings. The maximum atomic E-state index is 11.2. The molecule has 1 heterocycles. The summed E-state index contributed by atoms with van der Waals surface area (Å²) in [6.07, 6.45) is 3.41. The number of hydrogen-bond acceptors (Lipinski definition) is 5. The Morgan fingerprint density at radius 1 is 1.35 bits per heavy atom. The van der Waals surface area contributed by atoms with Crippen LogP contribution in [0.25, 0.3) is 0 Å². The van der Waals surface area contributed by atoms with Crippen molar-refractivity contribution in [2.45, 2.75) is 12.8 Å². The standard InChI is InChI=1S/C11H15NO5/c1-16-10(14)4-5-11(15)17-8-7-12-6-2-3-9(12)13/h4-5H,2-3,6-8H2,1H3/b5-4-. The van der Waals surface area contributed by atoms with Crippen molar-refractivity contribution in [3.05, 3.63) is 12.2 Å². The molecule has 0 spiro atoms. The Hall–Kier alpha value is -1.85. The zero-order chi connectivity index (χ0) is 12.7. The molecule has 1 rings (SSSR count). The molecule has 6 heteroatoms. The van der Waals surface area contributed by atoms with Crippen molar-refractivity contribution in [1.82, 2.24) is 4.90 Å². The smallest absolute Gasteiger partial charge is 0.331 e. The van der Waals surface area contributed by atoms with Gasteiger partial charge in [-0.05, 0) is 6.42 Å². The Morgan fingerprint density at radius 2 is 2.06 bits per heavy atom. The quantitative estimate of drug-likeness (QED) is 0.495. The molecular weight excluding hydrogens is 226 g/mol. The van der Waals surface area contributed by atoms with Crippen molar-refractivity contribution in [3.63, 3.8) is 0 Å². The monoisotopic (exact) mass is 241 g/mol. The van der Waals surface area contributed by atoms with Crippen molar-refractivity contribution in [3.8, 4) is 0 Å². The molecule has 1 amide bonds. The highest BCUT2D eigenvalue weighted by Gasteiger charge is 2.19. The van der Waals surface area contributed by atoms with Crippen LogP contribution in [0.4, 0.5) is 0 Å². The van der Waals surface area contributed by atoms with E-state index in [1.165, 1.54) is 7.11 Å². The van der Waals surface area contributed by atoms with Gasteiger partial charge in [0.1, 0.15) is 6.61 Å². The molecule has 1 aliphatic heterocycles. The number of rotatable bonds is 5. The largest absolute Gasteiger partial charge is 0.466 e. The third-order valence-electron chi connectivity index (χ3n) is 2.33. The molecule has 0 radical (unpaired) electrons. The molecule has 6 nitrogen and oxygen atoms in total. The average molecular weight is 241 g/mol. The van der Waals surface area contributed by atoms with E-state index in [1.807, 2.05) is 0 Å². The predicted molar refractivity (Wildman–Crippen MR) is 57.9 cm³/mol. The lowest BCUT2D eigenvalue weighted by molar-refractivity contribution is -0.140. The fourth-order valence-electron chi connectivity index (χ4n) is 1.45. The molecule has 0 unspecified atom stereocenters. The molecule has 17 heavy (non-hydrogen) atoms. The molecular formula is C11H15NO5. The summed E-state index contributed by atoms with van der Waals surface area (Å²) < 4.78 is 9.13. The Balaban J connectivity index is 2.18. The molecule has 0 atom stereocenters. The van der Waals surface area contributed by atoms with Crippen molar-refractivity contribution < 1.29 is 23.9 Å². The minimum absolute atomic E-state index is 0.0890. The Morgan fingerprint density at radius 3 is 2.65 bits per heavy atom. The summed E-state index contributed by atoms with van der Waals surface area (Å²) in [6, 6.07) is 0. The van der Waals surface area contributed by atoms with Gasteiger partial charge in [-0.1, -0.05) is 0 Å². The van der Waals surface area contributed by atoms with Crippen LogP contribution in [-0.4, -0.2) is 49.6 Å². The summed E-state index contributed by atoms with van der Waals surface area (Å²) in [5.41, 5.74) is 0. The molecule has 94 valence electrons. The zero-order valence-electron chi connectivity index (χ0n) is 9.68. The van der Waals surface area contributed by atoms with E-state index in [0.29, 0.717) is 19.5 Å². The summed E-state index contributed by atoms with van der Waals surface area (Å²) in [7, 11) is 1.22. The molecule has 0 aromatic heterocycles. The molecule has 0 aromatic carbocycles. The first kappa shape index (κ1) is 13.2. The maximum absolute atomic E-state index is 11.2. The second-order valence-corrected chi connectivity index (χ2v) is 3.51. The van der Waals surface area contributed by atoms with Gasteiger partial charge >= 0.3 is 11.9 Å². The minimum atomic E-state index is -0.623. The first-order chi connectivity index (χ1) is 8.13. The Labute approximate surface area is 99.2 Å². The van der Waals surface area contributed by atoms with Gasteiger partial charge in [0.25, 0.3) is 0 Å². The van der Waals surface area contributed by atoms with Crippen LogP contribution in [0.3, 0.4) is 0 Å². The SMILES string of the molecule is COC(=O)/C=C\C(=O)OCCN1CCCC1=O. The van der Waals surface area contributed by atoms with Crippen LogP contribution in [0.1, 0.15) is 12.8 Å². The van der Waals surface area contributed by atoms with Crippen molar-refractivity contribution in [2.24, 2.45) is 0 Å². The fourth-order valence-corrected chi connectivity index (χ4v) is 1.45. The first-order valence-corrected chi connectivity index (χ1v) is 5.34. The molecule has 1 aliphatic rings. The summed E-state index contributed by atoms with van der Waals surface area (Å²) >= 11 is 0. The maximum Gasteiger partial charge on any atom is 0.331 e. The van der Waals surface area contributed by atoms with Crippen molar-refractivity contribution in [1.29, 1.82) is 0 Å². The summed E-state index contributed by atoms with van der Waals surface area (Å²) in [5.74, 6) is -1.15. The highest BCUT2D eigenvalue weighted by Crippen LogP contribution is 2.08. The number of methoxy groups -OCH3 is 1. The van der Waals surface area contributed by atoms with E-state index < -0.39 is 11.9 Å². The van der Waals surface area contributed by atoms with Crippen LogP contribution < -0.4 is 0 Å². The molecule has 0 N–H and O–H groups in total. The van der Waals surface area contributed by atoms with Gasteiger partial charge < -0.3 is 14.4 Å². The Bertz CT molecular complexity index is 337. The van der Waals surface area contributed by atoms with E-state index in [-0.39, 0.29) is 12.5 Å². The van der Waals surface area contributed by atoms with E-state index in [4.69, 9.17) is 4.74 Å². The third-order valence-corrected chi connectivity index (χ3v) is 2.33. The van der Waals surface area contributed by atoms with Gasteiger partial charge in [0, 0.05) is 25.1 Å². The number of likely N-dealkylation sites (tertiary alicyclic amines) is 1. The van der Waals surface area contributed by atoms with Gasteiger partial charge in [-0.25, -0.2) is 9.59 Å². The number of nitrogens with zero attached hydrogens (tertiary/aromatic N) is 1. The van der Waals surface area contributed by atoms with Crippen LogP contribution in [0.2, 0.25) is 0 Å². The summed E-state index contributed by atoms with van der Waals surface area (Å²) in [6.45, 7) is 1.25. The highest BCUT2D eigenvalue weighted by atomic mass is 16.5. The lowest BCUT2D eigenvalue weighted by Gasteiger charge is -2.14. The minimum Gasteiger partial charge on any atom is -0.466 e. The number of esters is 2. The van der Waals surface area contributed by atoms with Crippen LogP contribution >= 0.6 is 0 Å². The van der Waals surface area contributed by atoms with E-state index >= 15 is 0 Å². The van der Waals surface area contributed by atoms with E-state index in [2.05, 4.69) is 4.74 Å². The van der Waals surface area contributed by atoms with Crippen LogP contribution in [-0.2, 0) is 23.9 Å². The second-order valence-electron chi connectivity index (χ2n) is 3.51. The third kappa shape index (κ3) is 4.67. The fraction of sp³-hybridized carbons (Fsp3) is 0.545. The summed E-state index contributed by atoms with van der Waals surface area (Å²) in [4.78, 5) is 34.6. The number of carbonyl (C=O) groups excluding carboxylic acids is 3. The van der Waals surface area contributed by atoms with Crippen LogP contribution in [0.15, 0.2) is 12.2 Å². The van der Waals surface area contributed by atoms with E-state index in [9.17, 15) is 14.4 Å². The van der Waals surface area contributed by atoms with Gasteiger partial charge in [-0.15, -0.1) is 0 Å². The number of amides is 1. The average Bonchev–Trinajstić information content (AvgIpc) is 2.72. The Kier molecular flexibility index (Phi) is 5.19. The zero-order valence-corrected chi connectivity index (χ0v) is 9.68. The molecule has 1 saturated heterocycles. The van der Waals surface area contributed by atoms with Crippen molar-refractivity contribution >= 4 is 17.8 Å². The number of hydrogen-bond donors (Lipinski definition) is 0. The number of carbonyl (C=O) groups is 3. The van der Waals surface area contributed by atoms with E-state index in [1.54, 1.807) is 4.90 Å². The van der Waals surface area contributed by atoms with Crippen molar-refractivity contribution in [2.75, 3.05) is 26.8 Å². The van der Waals surface area contributed by atoms with Gasteiger partial charge in [0.15, 0.2) is 0 Å². The van der Waals surface area contributed by atoms with Crippen LogP contribution in [0.5, 0.6) is 0 Å². The topological polar surface area (TPSA) is 72.9 Å². The van der Waals surface area contributed by atoms with E-state index in [0.717, 1.165) is 18.6 Å². The highest BCUT2D eigenvalue weighted by molar-refractivity contribution is 5.91. The van der Waals surface area contributed by atoms with Gasteiger partial charge in [0.2, 0.25) is 5.91 Å². The summed E-state index contributed by atoms with van der Waals surface area (Å²) in [5, 5.41) is 0. The van der Waals surface area contributed by atoms with Gasteiger partial charge in [-0.2, -0.15) is 0 Å². The van der Waals surface area contributed by atoms with Crippen LogP contribution in [0, 0.1) is 0 Å². The molecule has 0 saturated carbocycles. The molecule has 1 fully saturated rings. The first-order valence-electron chi connectivity index (χ1n) is 5.34. The lowest BCUT2D eigenvalue weighted by Crippen LogP contribution is -2.29. The lowest BCUT2D eigenvalue weighted by atomic mass is 10.4. The van der Waals surface area contributed by atoms with Gasteiger partial charge in [0.05, 0.1) is 13.7 Å². The second kappa shape index (κ2) is 6.67. The normalized spacial score (nSPS) is 15.4. The molecule has 0 aliphatic carbocycles. The predicted octanol–water partition coefficient (Wildman–Crippen LogP) is -0.119. The molecule has 0 bridgehead atoms. The number of ether oxygens (including phenoxy) is 2.